The van der Waals surface area contributed by atoms with E-state index in [-0.39, 0.29) is 6.04 Å². The molecule has 0 radical (unpaired) electrons. The van der Waals surface area contributed by atoms with Crippen molar-refractivity contribution < 1.29 is 0 Å². The van der Waals surface area contributed by atoms with Crippen LogP contribution < -0.4 is 0 Å². The molecular formula is C23H22N4. The van der Waals surface area contributed by atoms with Crippen molar-refractivity contribution in [2.45, 2.75) is 26.8 Å². The average Bonchev–Trinajstić information content (AvgIpc) is 3.04. The lowest BCUT2D eigenvalue weighted by Gasteiger charge is -2.09. The van der Waals surface area contributed by atoms with Crippen molar-refractivity contribution in [3.05, 3.63) is 89.6 Å². The summed E-state index contributed by atoms with van der Waals surface area (Å²) in [4.78, 5) is 9.74. The van der Waals surface area contributed by atoms with Crippen LogP contribution >= 0.6 is 0 Å². The minimum atomic E-state index is 0.246. The molecule has 4 rings (SSSR count). The second-order valence-corrected chi connectivity index (χ2v) is 6.86. The molecule has 0 bridgehead atoms. The summed E-state index contributed by atoms with van der Waals surface area (Å²) in [5.41, 5.74) is 4.92. The first-order chi connectivity index (χ1) is 13.1. The molecule has 0 spiro atoms. The number of fused-ring (bicyclic) bond motifs is 1. The Kier molecular flexibility index (Phi) is 4.55. The average molecular weight is 354 g/mol. The number of aliphatic imine (C=N–C) groups is 1. The van der Waals surface area contributed by atoms with Crippen LogP contribution in [0, 0.1) is 6.92 Å². The van der Waals surface area contributed by atoms with E-state index >= 15 is 0 Å². The fraction of sp³-hybridized carbons (Fsp3) is 0.174. The number of nitrogens with zero attached hydrogens (tertiary/aromatic N) is 4. The van der Waals surface area contributed by atoms with Crippen LogP contribution in [0.25, 0.3) is 11.0 Å². The third kappa shape index (κ3) is 3.38. The Balaban J connectivity index is 1.89. The summed E-state index contributed by atoms with van der Waals surface area (Å²) in [6, 6.07) is 24.7. The summed E-state index contributed by atoms with van der Waals surface area (Å²) >= 11 is 0. The van der Waals surface area contributed by atoms with Gasteiger partial charge in [0.15, 0.2) is 11.5 Å². The van der Waals surface area contributed by atoms with E-state index in [4.69, 9.17) is 9.98 Å². The quantitative estimate of drug-likeness (QED) is 0.455. The van der Waals surface area contributed by atoms with Gasteiger partial charge in [0.2, 0.25) is 0 Å². The van der Waals surface area contributed by atoms with Crippen molar-refractivity contribution >= 4 is 22.6 Å². The molecule has 0 aliphatic carbocycles. The Labute approximate surface area is 159 Å². The van der Waals surface area contributed by atoms with Crippen LogP contribution in [-0.4, -0.2) is 20.5 Å². The third-order valence-electron chi connectivity index (χ3n) is 4.53. The molecule has 4 heteroatoms. The number of rotatable bonds is 4. The molecule has 0 unspecified atom stereocenters. The fourth-order valence-electron chi connectivity index (χ4n) is 3.18. The smallest absolute Gasteiger partial charge is 0.160 e. The van der Waals surface area contributed by atoms with Gasteiger partial charge in [0.1, 0.15) is 0 Å². The minimum absolute atomic E-state index is 0.246. The largest absolute Gasteiger partial charge is 0.244 e. The van der Waals surface area contributed by atoms with Gasteiger partial charge in [-0.1, -0.05) is 60.7 Å². The highest BCUT2D eigenvalue weighted by Crippen LogP contribution is 2.24. The molecule has 4 aromatic rings. The van der Waals surface area contributed by atoms with Gasteiger partial charge in [-0.25, -0.2) is 14.7 Å². The number of aromatic nitrogens is 3. The van der Waals surface area contributed by atoms with Gasteiger partial charge in [-0.15, -0.1) is 0 Å². The molecule has 2 aromatic heterocycles. The van der Waals surface area contributed by atoms with E-state index in [1.807, 2.05) is 54.1 Å². The van der Waals surface area contributed by atoms with Crippen LogP contribution in [0.2, 0.25) is 0 Å². The first kappa shape index (κ1) is 17.2. The highest BCUT2D eigenvalue weighted by atomic mass is 15.3. The van der Waals surface area contributed by atoms with E-state index in [0.29, 0.717) is 5.82 Å². The highest BCUT2D eigenvalue weighted by Gasteiger charge is 2.13. The van der Waals surface area contributed by atoms with Gasteiger partial charge in [-0.2, -0.15) is 5.10 Å². The Morgan fingerprint density at radius 2 is 1.44 bits per heavy atom. The number of benzene rings is 2. The fourth-order valence-corrected chi connectivity index (χ4v) is 3.18. The first-order valence-corrected chi connectivity index (χ1v) is 9.19. The molecular weight excluding hydrogens is 332 g/mol. The maximum absolute atomic E-state index is 4.92. The zero-order chi connectivity index (χ0) is 18.8. The van der Waals surface area contributed by atoms with Crippen molar-refractivity contribution in [3.8, 4) is 0 Å². The van der Waals surface area contributed by atoms with Crippen molar-refractivity contribution in [2.75, 3.05) is 0 Å². The molecule has 0 saturated heterocycles. The predicted octanol–water partition coefficient (Wildman–Crippen LogP) is 5.49. The molecule has 27 heavy (non-hydrogen) atoms. The molecule has 0 saturated carbocycles. The summed E-state index contributed by atoms with van der Waals surface area (Å²) in [5, 5.41) is 5.70. The van der Waals surface area contributed by atoms with E-state index in [1.165, 1.54) is 0 Å². The van der Waals surface area contributed by atoms with Crippen molar-refractivity contribution in [1.82, 2.24) is 14.8 Å². The number of aryl methyl sites for hydroxylation is 1. The maximum Gasteiger partial charge on any atom is 0.160 e. The number of pyridine rings is 1. The van der Waals surface area contributed by atoms with Gasteiger partial charge in [-0.05, 0) is 32.9 Å². The van der Waals surface area contributed by atoms with E-state index in [1.54, 1.807) is 0 Å². The normalized spacial score (nSPS) is 11.1. The SMILES string of the molecule is Cc1nn(C(C)C)c2nc(N=C(c3ccccc3)c3ccccc3)ccc12. The summed E-state index contributed by atoms with van der Waals surface area (Å²) in [6.07, 6.45) is 0. The molecule has 0 aliphatic rings. The summed E-state index contributed by atoms with van der Waals surface area (Å²) in [5.74, 6) is 0.687. The van der Waals surface area contributed by atoms with Gasteiger partial charge >= 0.3 is 0 Å². The van der Waals surface area contributed by atoms with Gasteiger partial charge in [0.05, 0.1) is 11.4 Å². The minimum Gasteiger partial charge on any atom is -0.244 e. The second kappa shape index (κ2) is 7.16. The maximum atomic E-state index is 4.92. The molecule has 0 amide bonds. The third-order valence-corrected chi connectivity index (χ3v) is 4.53. The van der Waals surface area contributed by atoms with E-state index in [9.17, 15) is 0 Å². The lowest BCUT2D eigenvalue weighted by molar-refractivity contribution is 0.543. The van der Waals surface area contributed by atoms with Crippen LogP contribution in [0.15, 0.2) is 77.8 Å². The van der Waals surface area contributed by atoms with Crippen LogP contribution in [-0.2, 0) is 0 Å². The van der Waals surface area contributed by atoms with E-state index < -0.39 is 0 Å². The lowest BCUT2D eigenvalue weighted by Crippen LogP contribution is -2.04. The Morgan fingerprint density at radius 1 is 0.852 bits per heavy atom. The Bertz CT molecular complexity index is 1050. The van der Waals surface area contributed by atoms with E-state index in [2.05, 4.69) is 49.3 Å². The molecule has 4 nitrogen and oxygen atoms in total. The zero-order valence-corrected chi connectivity index (χ0v) is 15.8. The summed E-state index contributed by atoms with van der Waals surface area (Å²) in [7, 11) is 0. The Morgan fingerprint density at radius 3 is 2.00 bits per heavy atom. The predicted molar refractivity (Wildman–Crippen MR) is 111 cm³/mol. The molecule has 0 aliphatic heterocycles. The van der Waals surface area contributed by atoms with Crippen molar-refractivity contribution in [1.29, 1.82) is 0 Å². The molecule has 0 N–H and O–H groups in total. The number of hydrogen-bond acceptors (Lipinski definition) is 3. The topological polar surface area (TPSA) is 43.1 Å². The van der Waals surface area contributed by atoms with Gasteiger partial charge < -0.3 is 0 Å². The first-order valence-electron chi connectivity index (χ1n) is 9.19. The van der Waals surface area contributed by atoms with Gasteiger partial charge in [0.25, 0.3) is 0 Å². The Hall–Kier alpha value is -3.27. The molecule has 2 aromatic carbocycles. The van der Waals surface area contributed by atoms with Crippen LogP contribution in [0.5, 0.6) is 0 Å². The standard InChI is InChI=1S/C23H22N4/c1-16(2)27-23-20(17(3)26-27)14-15-21(25-23)24-22(18-10-6-4-7-11-18)19-12-8-5-9-13-19/h4-16H,1-3H3. The molecule has 0 atom stereocenters. The van der Waals surface area contributed by atoms with Crippen LogP contribution in [0.4, 0.5) is 5.82 Å². The lowest BCUT2D eigenvalue weighted by atomic mass is 10.0. The number of hydrogen-bond donors (Lipinski definition) is 0. The summed E-state index contributed by atoms with van der Waals surface area (Å²) in [6.45, 7) is 6.25. The zero-order valence-electron chi connectivity index (χ0n) is 15.8. The summed E-state index contributed by atoms with van der Waals surface area (Å²) < 4.78 is 1.97. The van der Waals surface area contributed by atoms with Crippen molar-refractivity contribution in [3.63, 3.8) is 0 Å². The molecule has 2 heterocycles. The monoisotopic (exact) mass is 354 g/mol. The van der Waals surface area contributed by atoms with Gasteiger partial charge in [-0.3, -0.25) is 0 Å². The second-order valence-electron chi connectivity index (χ2n) is 6.86. The van der Waals surface area contributed by atoms with Gasteiger partial charge in [0, 0.05) is 22.6 Å². The highest BCUT2D eigenvalue weighted by molar-refractivity contribution is 6.13. The van der Waals surface area contributed by atoms with Crippen molar-refractivity contribution in [2.24, 2.45) is 4.99 Å². The van der Waals surface area contributed by atoms with Crippen LogP contribution in [0.3, 0.4) is 0 Å². The molecule has 134 valence electrons. The van der Waals surface area contributed by atoms with Crippen LogP contribution in [0.1, 0.15) is 36.7 Å². The molecule has 0 fully saturated rings. The van der Waals surface area contributed by atoms with E-state index in [0.717, 1.165) is 33.6 Å².